The summed E-state index contributed by atoms with van der Waals surface area (Å²) in [5.74, 6) is -0.453. The van der Waals surface area contributed by atoms with Gasteiger partial charge in [0.25, 0.3) is 11.6 Å². The van der Waals surface area contributed by atoms with E-state index in [-0.39, 0.29) is 29.6 Å². The van der Waals surface area contributed by atoms with Gasteiger partial charge in [-0.1, -0.05) is 11.8 Å². The van der Waals surface area contributed by atoms with Crippen LogP contribution in [0.5, 0.6) is 0 Å². The Bertz CT molecular complexity index is 833. The Morgan fingerprint density at radius 3 is 2.89 bits per heavy atom. The molecule has 1 aromatic carbocycles. The fourth-order valence-electron chi connectivity index (χ4n) is 2.61. The molecule has 3 N–H and O–H groups in total. The number of carbonyl (C=O) groups is 1. The van der Waals surface area contributed by atoms with Gasteiger partial charge in [0.1, 0.15) is 0 Å². The number of nitro groups is 1. The van der Waals surface area contributed by atoms with Crippen molar-refractivity contribution in [1.29, 1.82) is 0 Å². The minimum Gasteiger partial charge on any atom is -0.391 e. The van der Waals surface area contributed by atoms with Crippen LogP contribution in [0, 0.1) is 23.0 Å². The van der Waals surface area contributed by atoms with Gasteiger partial charge >= 0.3 is 0 Å². The molecule has 8 nitrogen and oxygen atoms in total. The molecule has 0 radical (unpaired) electrons. The maximum Gasteiger partial charge on any atom is 0.284 e. The molecule has 0 spiro atoms. The van der Waals surface area contributed by atoms with Crippen LogP contribution < -0.4 is 10.6 Å². The van der Waals surface area contributed by atoms with Crippen molar-refractivity contribution in [3.63, 3.8) is 0 Å². The number of aromatic nitrogens is 1. The molecule has 27 heavy (non-hydrogen) atoms. The van der Waals surface area contributed by atoms with E-state index in [4.69, 9.17) is 0 Å². The van der Waals surface area contributed by atoms with Gasteiger partial charge in [-0.05, 0) is 19.1 Å². The molecule has 1 aliphatic heterocycles. The average molecular weight is 431 g/mol. The van der Waals surface area contributed by atoms with Crippen LogP contribution in [0.3, 0.4) is 0 Å². The van der Waals surface area contributed by atoms with Crippen molar-refractivity contribution in [2.75, 3.05) is 19.6 Å². The van der Waals surface area contributed by atoms with Crippen molar-refractivity contribution < 1.29 is 14.8 Å². The lowest BCUT2D eigenvalue weighted by Gasteiger charge is -2.14. The summed E-state index contributed by atoms with van der Waals surface area (Å²) >= 11 is 2.63. The number of aryl methyl sites for hydroxylation is 1. The van der Waals surface area contributed by atoms with E-state index in [0.717, 1.165) is 5.69 Å². The summed E-state index contributed by atoms with van der Waals surface area (Å²) in [5.41, 5.74) is 0.953. The molecule has 1 saturated heterocycles. The number of thiazole rings is 1. The number of nitrogens with one attached hydrogen (secondary N) is 2. The van der Waals surface area contributed by atoms with Gasteiger partial charge in [0, 0.05) is 48.3 Å². The number of hydrogen-bond acceptors (Lipinski definition) is 8. The van der Waals surface area contributed by atoms with Crippen LogP contribution in [-0.4, -0.2) is 46.7 Å². The molecule has 11 heteroatoms. The van der Waals surface area contributed by atoms with Crippen LogP contribution in [0.1, 0.15) is 16.1 Å². The number of nitrogens with zero attached hydrogens (tertiary/aromatic N) is 2. The van der Waals surface area contributed by atoms with Crippen molar-refractivity contribution in [3.05, 3.63) is 45.0 Å². The Balaban J connectivity index is 0.00000261. The molecule has 1 aliphatic rings. The number of carbonyl (C=O) groups excluding carboxylic acids is 1. The van der Waals surface area contributed by atoms with Crippen LogP contribution in [0.25, 0.3) is 0 Å². The van der Waals surface area contributed by atoms with Crippen LogP contribution >= 0.6 is 35.5 Å². The van der Waals surface area contributed by atoms with Crippen LogP contribution in [-0.2, 0) is 0 Å². The minimum absolute atomic E-state index is 0. The average Bonchev–Trinajstić information content (AvgIpc) is 3.21. The summed E-state index contributed by atoms with van der Waals surface area (Å²) in [5, 5.41) is 28.8. The third kappa shape index (κ3) is 5.39. The molecule has 0 aliphatic carbocycles. The highest BCUT2D eigenvalue weighted by molar-refractivity contribution is 8.01. The van der Waals surface area contributed by atoms with E-state index in [1.165, 1.54) is 29.2 Å². The zero-order chi connectivity index (χ0) is 18.7. The summed E-state index contributed by atoms with van der Waals surface area (Å²) in [7, 11) is 0. The highest BCUT2D eigenvalue weighted by atomic mass is 35.5. The number of aliphatic hydroxyl groups excluding tert-OH is 1. The third-order valence-corrected chi connectivity index (χ3v) is 6.16. The molecule has 2 heterocycles. The SMILES string of the molecule is Cc1csc(Sc2ccc(C(=O)NCC3CNCC3O)cc2[N+](=O)[O-])n1.Cl. The Hall–Kier alpha value is -1.72. The van der Waals surface area contributed by atoms with Crippen molar-refractivity contribution in [3.8, 4) is 0 Å². The smallest absolute Gasteiger partial charge is 0.284 e. The van der Waals surface area contributed by atoms with Crippen molar-refractivity contribution in [2.45, 2.75) is 22.3 Å². The number of rotatable bonds is 6. The van der Waals surface area contributed by atoms with Crippen LogP contribution in [0.2, 0.25) is 0 Å². The van der Waals surface area contributed by atoms with E-state index in [2.05, 4.69) is 15.6 Å². The maximum absolute atomic E-state index is 12.3. The van der Waals surface area contributed by atoms with Gasteiger partial charge in [-0.25, -0.2) is 4.98 Å². The lowest BCUT2D eigenvalue weighted by Crippen LogP contribution is -2.34. The fourth-order valence-corrected chi connectivity index (χ4v) is 4.49. The highest BCUT2D eigenvalue weighted by Crippen LogP contribution is 2.36. The van der Waals surface area contributed by atoms with E-state index >= 15 is 0 Å². The Morgan fingerprint density at radius 1 is 1.52 bits per heavy atom. The molecule has 0 saturated carbocycles. The topological polar surface area (TPSA) is 117 Å². The standard InChI is InChI=1S/C16H18N4O4S2.ClH/c1-9-8-25-16(19-9)26-14-3-2-10(4-12(14)20(23)24)15(22)18-6-11-5-17-7-13(11)21;/h2-4,8,11,13,17,21H,5-7H2,1H3,(H,18,22);1H. The number of hydrogen-bond donors (Lipinski definition) is 3. The van der Waals surface area contributed by atoms with Gasteiger partial charge < -0.3 is 15.7 Å². The van der Waals surface area contributed by atoms with Crippen molar-refractivity contribution in [2.24, 2.45) is 5.92 Å². The van der Waals surface area contributed by atoms with Gasteiger partial charge in [0.2, 0.25) is 0 Å². The molecule has 146 valence electrons. The first-order valence-corrected chi connectivity index (χ1v) is 9.69. The van der Waals surface area contributed by atoms with Gasteiger partial charge in [0.15, 0.2) is 4.34 Å². The van der Waals surface area contributed by atoms with Gasteiger partial charge in [-0.2, -0.15) is 0 Å². The molecule has 0 bridgehead atoms. The van der Waals surface area contributed by atoms with Gasteiger partial charge in [0.05, 0.1) is 15.9 Å². The molecule has 1 fully saturated rings. The molecular weight excluding hydrogens is 412 g/mol. The quantitative estimate of drug-likeness (QED) is 0.475. The second-order valence-electron chi connectivity index (χ2n) is 5.99. The first-order valence-electron chi connectivity index (χ1n) is 7.99. The predicted octanol–water partition coefficient (Wildman–Crippen LogP) is 2.24. The summed E-state index contributed by atoms with van der Waals surface area (Å²) in [6.45, 7) is 3.31. The predicted molar refractivity (Wildman–Crippen MR) is 106 cm³/mol. The number of β-amino-alcohol motifs (C(OH)–C–C–N with tert-alkyl or cyclic N) is 1. The lowest BCUT2D eigenvalue weighted by molar-refractivity contribution is -0.387. The van der Waals surface area contributed by atoms with E-state index in [0.29, 0.717) is 28.9 Å². The molecule has 2 aromatic rings. The zero-order valence-corrected chi connectivity index (χ0v) is 16.8. The lowest BCUT2D eigenvalue weighted by atomic mass is 10.1. The number of amides is 1. The Morgan fingerprint density at radius 2 is 2.30 bits per heavy atom. The second-order valence-corrected chi connectivity index (χ2v) is 8.14. The summed E-state index contributed by atoms with van der Waals surface area (Å²) in [6.07, 6.45) is -0.495. The zero-order valence-electron chi connectivity index (χ0n) is 14.4. The largest absolute Gasteiger partial charge is 0.391 e. The monoisotopic (exact) mass is 430 g/mol. The first kappa shape index (κ1) is 21.6. The molecule has 2 unspecified atom stereocenters. The Kier molecular flexibility index (Phi) is 7.57. The van der Waals surface area contributed by atoms with Crippen LogP contribution in [0.15, 0.2) is 32.8 Å². The number of halogens is 1. The molecule has 1 aromatic heterocycles. The first-order chi connectivity index (χ1) is 12.4. The van der Waals surface area contributed by atoms with Crippen LogP contribution in [0.4, 0.5) is 5.69 Å². The molecule has 3 rings (SSSR count). The minimum atomic E-state index is -0.496. The number of aliphatic hydroxyl groups is 1. The molecule has 2 atom stereocenters. The van der Waals surface area contributed by atoms with Gasteiger partial charge in [-0.3, -0.25) is 14.9 Å². The summed E-state index contributed by atoms with van der Waals surface area (Å²) in [6, 6.07) is 4.41. The fraction of sp³-hybridized carbons (Fsp3) is 0.375. The van der Waals surface area contributed by atoms with E-state index < -0.39 is 16.9 Å². The van der Waals surface area contributed by atoms with E-state index in [1.807, 2.05) is 12.3 Å². The van der Waals surface area contributed by atoms with Crippen molar-refractivity contribution >= 4 is 47.1 Å². The highest BCUT2D eigenvalue weighted by Gasteiger charge is 2.26. The third-order valence-electron chi connectivity index (χ3n) is 4.04. The Labute approximate surface area is 170 Å². The molecular formula is C16H19ClN4O4S2. The van der Waals surface area contributed by atoms with Gasteiger partial charge in [-0.15, -0.1) is 23.7 Å². The maximum atomic E-state index is 12.3. The second kappa shape index (κ2) is 9.47. The summed E-state index contributed by atoms with van der Waals surface area (Å²) < 4.78 is 0.713. The number of benzene rings is 1. The normalized spacial score (nSPS) is 18.7. The van der Waals surface area contributed by atoms with Crippen molar-refractivity contribution in [1.82, 2.24) is 15.6 Å². The van der Waals surface area contributed by atoms with E-state index in [9.17, 15) is 20.0 Å². The number of nitro benzene ring substituents is 1. The summed E-state index contributed by atoms with van der Waals surface area (Å²) in [4.78, 5) is 27.9. The molecule has 1 amide bonds. The van der Waals surface area contributed by atoms with E-state index in [1.54, 1.807) is 12.1 Å².